The van der Waals surface area contributed by atoms with Crippen LogP contribution in [0.2, 0.25) is 0 Å². The van der Waals surface area contributed by atoms with Crippen molar-refractivity contribution in [2.45, 2.75) is 25.8 Å². The normalized spacial score (nSPS) is 22.3. The summed E-state index contributed by atoms with van der Waals surface area (Å²) in [5, 5.41) is 3.20. The number of carbonyl (C=O) groups excluding carboxylic acids is 1. The van der Waals surface area contributed by atoms with E-state index in [9.17, 15) is 9.59 Å². The van der Waals surface area contributed by atoms with Crippen molar-refractivity contribution >= 4 is 5.91 Å². The summed E-state index contributed by atoms with van der Waals surface area (Å²) >= 11 is 0. The molecular formula is C26H27N3O2. The molecule has 31 heavy (non-hydrogen) atoms. The summed E-state index contributed by atoms with van der Waals surface area (Å²) in [6.45, 7) is 5.27. The first-order valence-corrected chi connectivity index (χ1v) is 11.0. The first-order valence-electron chi connectivity index (χ1n) is 11.0. The van der Waals surface area contributed by atoms with Gasteiger partial charge >= 0.3 is 0 Å². The monoisotopic (exact) mass is 413 g/mol. The van der Waals surface area contributed by atoms with E-state index in [0.717, 1.165) is 49.3 Å². The molecule has 3 aliphatic rings. The summed E-state index contributed by atoms with van der Waals surface area (Å²) < 4.78 is 1.55. The van der Waals surface area contributed by atoms with E-state index in [1.54, 1.807) is 16.8 Å². The molecule has 3 saturated heterocycles. The zero-order valence-corrected chi connectivity index (χ0v) is 17.8. The van der Waals surface area contributed by atoms with Crippen LogP contribution in [0.5, 0.6) is 0 Å². The molecule has 1 N–H and O–H groups in total. The number of carbonyl (C=O) groups is 1. The number of pyridine rings is 1. The lowest BCUT2D eigenvalue weighted by Gasteiger charge is -2.44. The molecule has 2 bridgehead atoms. The van der Waals surface area contributed by atoms with E-state index < -0.39 is 0 Å². The summed E-state index contributed by atoms with van der Waals surface area (Å²) in [7, 11) is 0. The number of fused-ring (bicyclic) bond motifs is 3. The van der Waals surface area contributed by atoms with Gasteiger partial charge in [0.25, 0.3) is 11.5 Å². The van der Waals surface area contributed by atoms with E-state index in [2.05, 4.69) is 41.4 Å². The summed E-state index contributed by atoms with van der Waals surface area (Å²) in [6, 6.07) is 19.5. The van der Waals surface area contributed by atoms with Gasteiger partial charge in [0, 0.05) is 30.5 Å². The molecule has 5 heteroatoms. The Kier molecular flexibility index (Phi) is 5.20. The van der Waals surface area contributed by atoms with E-state index in [-0.39, 0.29) is 17.5 Å². The van der Waals surface area contributed by atoms with Crippen LogP contribution in [-0.4, -0.2) is 41.1 Å². The van der Waals surface area contributed by atoms with Crippen LogP contribution in [0.25, 0.3) is 16.8 Å². The predicted molar refractivity (Wildman–Crippen MR) is 123 cm³/mol. The molecule has 0 spiro atoms. The average molecular weight is 414 g/mol. The largest absolute Gasteiger partial charge is 0.348 e. The van der Waals surface area contributed by atoms with E-state index in [4.69, 9.17) is 0 Å². The van der Waals surface area contributed by atoms with E-state index in [1.165, 1.54) is 11.6 Å². The predicted octanol–water partition coefficient (Wildman–Crippen LogP) is 3.64. The molecule has 1 unspecified atom stereocenters. The fourth-order valence-corrected chi connectivity index (χ4v) is 4.76. The van der Waals surface area contributed by atoms with Crippen LogP contribution < -0.4 is 10.9 Å². The summed E-state index contributed by atoms with van der Waals surface area (Å²) in [5.41, 5.74) is 4.56. The molecule has 1 aromatic heterocycles. The van der Waals surface area contributed by atoms with Crippen molar-refractivity contribution in [3.05, 3.63) is 88.3 Å². The number of hydrogen-bond acceptors (Lipinski definition) is 3. The average Bonchev–Trinajstić information content (AvgIpc) is 2.81. The molecule has 2 aromatic carbocycles. The zero-order chi connectivity index (χ0) is 21.4. The van der Waals surface area contributed by atoms with Crippen molar-refractivity contribution in [3.63, 3.8) is 0 Å². The number of benzene rings is 2. The number of piperidine rings is 3. The number of aromatic nitrogens is 1. The van der Waals surface area contributed by atoms with Gasteiger partial charge in [-0.15, -0.1) is 0 Å². The molecule has 0 radical (unpaired) electrons. The second-order valence-corrected chi connectivity index (χ2v) is 8.76. The van der Waals surface area contributed by atoms with E-state index >= 15 is 0 Å². The molecular weight excluding hydrogens is 386 g/mol. The summed E-state index contributed by atoms with van der Waals surface area (Å²) in [4.78, 5) is 27.8. The Morgan fingerprint density at radius 1 is 0.903 bits per heavy atom. The molecule has 5 nitrogen and oxygen atoms in total. The van der Waals surface area contributed by atoms with Gasteiger partial charge in [-0.2, -0.15) is 0 Å². The maximum absolute atomic E-state index is 12.9. The quantitative estimate of drug-likeness (QED) is 0.711. The van der Waals surface area contributed by atoms with Gasteiger partial charge in [-0.25, -0.2) is 0 Å². The first kappa shape index (κ1) is 19.8. The highest BCUT2D eigenvalue weighted by Crippen LogP contribution is 2.27. The Morgan fingerprint density at radius 3 is 2.16 bits per heavy atom. The highest BCUT2D eigenvalue weighted by molar-refractivity contribution is 5.94. The minimum absolute atomic E-state index is 0.108. The Balaban J connectivity index is 1.36. The Hall–Kier alpha value is -3.18. The number of nitrogens with zero attached hydrogens (tertiary/aromatic N) is 2. The number of rotatable bonds is 4. The second-order valence-electron chi connectivity index (χ2n) is 8.76. The Labute approximate surface area is 182 Å². The molecule has 4 heterocycles. The van der Waals surface area contributed by atoms with Crippen LogP contribution in [-0.2, 0) is 0 Å². The number of amides is 1. The Bertz CT molecular complexity index is 1140. The number of nitrogens with one attached hydrogen (secondary N) is 1. The fraction of sp³-hybridized carbons (Fsp3) is 0.308. The fourth-order valence-electron chi connectivity index (χ4n) is 4.76. The lowest BCUT2D eigenvalue weighted by atomic mass is 9.84. The molecule has 1 atom stereocenters. The maximum Gasteiger partial charge on any atom is 0.255 e. The lowest BCUT2D eigenvalue weighted by Crippen LogP contribution is -2.57. The van der Waals surface area contributed by atoms with Gasteiger partial charge in [-0.3, -0.25) is 14.2 Å². The van der Waals surface area contributed by atoms with Crippen LogP contribution in [0, 0.1) is 12.8 Å². The molecule has 0 aliphatic carbocycles. The molecule has 3 aliphatic heterocycles. The number of hydrogen-bond donors (Lipinski definition) is 1. The SMILES string of the molecule is Cc1ccc(-c2ccc(-n3cc(C(=O)NC4CN5CCC4CC5)ccc3=O)cc2)cc1. The standard InChI is InChI=1S/C26H27N3O2/c1-18-2-4-19(5-3-18)20-6-9-23(10-7-20)29-16-22(8-11-25(29)30)26(31)27-24-17-28-14-12-21(24)13-15-28/h2-11,16,21,24H,12-15,17H2,1H3,(H,27,31). The van der Waals surface area contributed by atoms with Crippen molar-refractivity contribution in [1.29, 1.82) is 0 Å². The summed E-state index contributed by atoms with van der Waals surface area (Å²) in [5.74, 6) is 0.456. The first-order chi connectivity index (χ1) is 15.1. The second kappa shape index (κ2) is 8.16. The highest BCUT2D eigenvalue weighted by atomic mass is 16.2. The Morgan fingerprint density at radius 2 is 1.55 bits per heavy atom. The lowest BCUT2D eigenvalue weighted by molar-refractivity contribution is 0.0620. The van der Waals surface area contributed by atoms with Crippen LogP contribution in [0.15, 0.2) is 71.7 Å². The van der Waals surface area contributed by atoms with Crippen LogP contribution >= 0.6 is 0 Å². The van der Waals surface area contributed by atoms with Gasteiger partial charge in [-0.1, -0.05) is 42.0 Å². The third-order valence-electron chi connectivity index (χ3n) is 6.68. The van der Waals surface area contributed by atoms with Gasteiger partial charge in [-0.05, 0) is 68.1 Å². The molecule has 158 valence electrons. The topological polar surface area (TPSA) is 54.3 Å². The van der Waals surface area contributed by atoms with Gasteiger partial charge in [0.2, 0.25) is 0 Å². The minimum atomic E-state index is -0.150. The molecule has 6 rings (SSSR count). The molecule has 1 amide bonds. The molecule has 3 aromatic rings. The van der Waals surface area contributed by atoms with E-state index in [0.29, 0.717) is 11.5 Å². The highest BCUT2D eigenvalue weighted by Gasteiger charge is 2.35. The van der Waals surface area contributed by atoms with Crippen molar-refractivity contribution < 1.29 is 4.79 Å². The summed E-state index contributed by atoms with van der Waals surface area (Å²) in [6.07, 6.45) is 3.95. The maximum atomic E-state index is 12.9. The zero-order valence-electron chi connectivity index (χ0n) is 17.8. The smallest absolute Gasteiger partial charge is 0.255 e. The molecule has 0 saturated carbocycles. The van der Waals surface area contributed by atoms with Crippen LogP contribution in [0.1, 0.15) is 28.8 Å². The number of aryl methyl sites for hydroxylation is 1. The third kappa shape index (κ3) is 4.06. The van der Waals surface area contributed by atoms with E-state index in [1.807, 2.05) is 24.3 Å². The van der Waals surface area contributed by atoms with Gasteiger partial charge < -0.3 is 10.2 Å². The van der Waals surface area contributed by atoms with Crippen molar-refractivity contribution in [1.82, 2.24) is 14.8 Å². The van der Waals surface area contributed by atoms with Gasteiger partial charge in [0.05, 0.1) is 5.56 Å². The minimum Gasteiger partial charge on any atom is -0.348 e. The van der Waals surface area contributed by atoms with Gasteiger partial charge in [0.15, 0.2) is 0 Å². The van der Waals surface area contributed by atoms with Crippen molar-refractivity contribution in [3.8, 4) is 16.8 Å². The molecule has 3 fully saturated rings. The van der Waals surface area contributed by atoms with Gasteiger partial charge in [0.1, 0.15) is 0 Å². The van der Waals surface area contributed by atoms with Crippen LogP contribution in [0.3, 0.4) is 0 Å². The third-order valence-corrected chi connectivity index (χ3v) is 6.68. The van der Waals surface area contributed by atoms with Crippen LogP contribution in [0.4, 0.5) is 0 Å². The van der Waals surface area contributed by atoms with Crippen molar-refractivity contribution in [2.24, 2.45) is 5.92 Å². The van der Waals surface area contributed by atoms with Crippen molar-refractivity contribution in [2.75, 3.05) is 19.6 Å².